The Morgan fingerprint density at radius 2 is 2.11 bits per heavy atom. The van der Waals surface area contributed by atoms with E-state index in [-0.39, 0.29) is 11.7 Å². The molecule has 0 aliphatic carbocycles. The Balaban J connectivity index is 2.48. The van der Waals surface area contributed by atoms with Crippen molar-refractivity contribution in [3.63, 3.8) is 0 Å². The Morgan fingerprint density at radius 3 is 2.63 bits per heavy atom. The summed E-state index contributed by atoms with van der Waals surface area (Å²) in [5, 5.41) is 2.12. The van der Waals surface area contributed by atoms with E-state index in [1.54, 1.807) is 6.07 Å². The third kappa shape index (κ3) is 3.21. The largest absolute Gasteiger partial charge is 0.416 e. The molecule has 2 nitrogen and oxygen atoms in total. The summed E-state index contributed by atoms with van der Waals surface area (Å²) in [5.74, 6) is 0. The number of rotatable bonds is 2. The molecule has 102 valence electrons. The SMILES string of the molecule is CN1CCC[C@H]1c1cc(N=C=S)cc(C(F)(F)F)c1. The molecule has 2 rings (SSSR count). The molecular weight excluding hydrogens is 273 g/mol. The second-order valence-corrected chi connectivity index (χ2v) is 4.84. The molecule has 1 aromatic rings. The van der Waals surface area contributed by atoms with Crippen molar-refractivity contribution in [1.29, 1.82) is 0 Å². The molecule has 0 saturated carbocycles. The Bertz CT molecular complexity index is 521. The summed E-state index contributed by atoms with van der Waals surface area (Å²) in [6.45, 7) is 0.896. The molecule has 1 fully saturated rings. The summed E-state index contributed by atoms with van der Waals surface area (Å²) in [4.78, 5) is 5.74. The van der Waals surface area contributed by atoms with Crippen LogP contribution in [0.1, 0.15) is 30.0 Å². The van der Waals surface area contributed by atoms with Crippen LogP contribution in [0.2, 0.25) is 0 Å². The summed E-state index contributed by atoms with van der Waals surface area (Å²) in [6.07, 6.45) is -2.53. The van der Waals surface area contributed by atoms with E-state index in [1.807, 2.05) is 7.05 Å². The summed E-state index contributed by atoms with van der Waals surface area (Å²) in [6, 6.07) is 3.87. The highest BCUT2D eigenvalue weighted by Gasteiger charge is 2.33. The van der Waals surface area contributed by atoms with Crippen molar-refractivity contribution < 1.29 is 13.2 Å². The van der Waals surface area contributed by atoms with Crippen LogP contribution >= 0.6 is 12.2 Å². The lowest BCUT2D eigenvalue weighted by atomic mass is 10.0. The Kier molecular flexibility index (Phi) is 4.04. The molecule has 1 aliphatic heterocycles. The monoisotopic (exact) mass is 286 g/mol. The van der Waals surface area contributed by atoms with Crippen molar-refractivity contribution in [1.82, 2.24) is 4.90 Å². The van der Waals surface area contributed by atoms with Gasteiger partial charge in [-0.25, -0.2) is 0 Å². The van der Waals surface area contributed by atoms with Gasteiger partial charge in [-0.1, -0.05) is 0 Å². The number of alkyl halides is 3. The summed E-state index contributed by atoms with van der Waals surface area (Å²) in [5.41, 5.74) is 0.160. The number of isothiocyanates is 1. The van der Waals surface area contributed by atoms with Crippen molar-refractivity contribution in [3.8, 4) is 0 Å². The molecule has 0 bridgehead atoms. The third-order valence-corrected chi connectivity index (χ3v) is 3.44. The first-order chi connectivity index (χ1) is 8.91. The molecule has 1 aliphatic rings. The van der Waals surface area contributed by atoms with Crippen molar-refractivity contribution in [2.75, 3.05) is 13.6 Å². The number of benzene rings is 1. The first kappa shape index (κ1) is 14.2. The fourth-order valence-corrected chi connectivity index (χ4v) is 2.54. The van der Waals surface area contributed by atoms with Gasteiger partial charge in [-0.3, -0.25) is 4.90 Å². The highest BCUT2D eigenvalue weighted by Crippen LogP contribution is 2.37. The minimum absolute atomic E-state index is 0.0152. The van der Waals surface area contributed by atoms with E-state index in [4.69, 9.17) is 0 Å². The predicted octanol–water partition coefficient (Wildman–Crippen LogP) is 4.21. The van der Waals surface area contributed by atoms with Gasteiger partial charge < -0.3 is 0 Å². The zero-order valence-electron chi connectivity index (χ0n) is 10.4. The van der Waals surface area contributed by atoms with Crippen molar-refractivity contribution in [2.45, 2.75) is 25.1 Å². The van der Waals surface area contributed by atoms with E-state index >= 15 is 0 Å². The molecular formula is C13H13F3N2S. The molecule has 0 aromatic heterocycles. The second-order valence-electron chi connectivity index (χ2n) is 4.65. The van der Waals surface area contributed by atoms with Gasteiger partial charge in [0.1, 0.15) is 0 Å². The fourth-order valence-electron chi connectivity index (χ4n) is 2.44. The van der Waals surface area contributed by atoms with E-state index in [0.29, 0.717) is 5.56 Å². The van der Waals surface area contributed by atoms with Crippen LogP contribution in [0.4, 0.5) is 18.9 Å². The zero-order valence-corrected chi connectivity index (χ0v) is 11.2. The van der Waals surface area contributed by atoms with Gasteiger partial charge in [-0.05, 0) is 62.4 Å². The van der Waals surface area contributed by atoms with Crippen LogP contribution in [0.3, 0.4) is 0 Å². The average Bonchev–Trinajstić information content (AvgIpc) is 2.74. The predicted molar refractivity (Wildman–Crippen MR) is 70.7 cm³/mol. The molecule has 0 amide bonds. The number of thiocarbonyl (C=S) groups is 1. The molecule has 1 aromatic carbocycles. The lowest BCUT2D eigenvalue weighted by Gasteiger charge is -2.21. The maximum atomic E-state index is 12.9. The summed E-state index contributed by atoms with van der Waals surface area (Å²) < 4.78 is 38.6. The molecule has 0 unspecified atom stereocenters. The van der Waals surface area contributed by atoms with E-state index in [1.165, 1.54) is 6.07 Å². The Labute approximate surface area is 114 Å². The van der Waals surface area contributed by atoms with E-state index in [9.17, 15) is 13.2 Å². The van der Waals surface area contributed by atoms with Crippen LogP contribution in [0, 0.1) is 0 Å². The van der Waals surface area contributed by atoms with Crippen LogP contribution < -0.4 is 0 Å². The number of aliphatic imine (C=N–C) groups is 1. The summed E-state index contributed by atoms with van der Waals surface area (Å²) >= 11 is 4.46. The van der Waals surface area contributed by atoms with Gasteiger partial charge in [0.2, 0.25) is 0 Å². The van der Waals surface area contributed by atoms with Gasteiger partial charge in [0, 0.05) is 6.04 Å². The molecule has 1 heterocycles. The van der Waals surface area contributed by atoms with Gasteiger partial charge in [0.15, 0.2) is 0 Å². The lowest BCUT2D eigenvalue weighted by Crippen LogP contribution is -2.18. The van der Waals surface area contributed by atoms with E-state index in [0.717, 1.165) is 25.5 Å². The fraction of sp³-hybridized carbons (Fsp3) is 0.462. The standard InChI is InChI=1S/C13H13F3N2S/c1-18-4-2-3-12(18)9-5-10(13(14,15)16)7-11(6-9)17-8-19/h5-7,12H,2-4H2,1H3/t12-/m0/s1. The number of hydrogen-bond donors (Lipinski definition) is 0. The lowest BCUT2D eigenvalue weighted by molar-refractivity contribution is -0.137. The smallest absolute Gasteiger partial charge is 0.299 e. The quantitative estimate of drug-likeness (QED) is 0.598. The number of hydrogen-bond acceptors (Lipinski definition) is 3. The summed E-state index contributed by atoms with van der Waals surface area (Å²) in [7, 11) is 1.92. The maximum Gasteiger partial charge on any atom is 0.416 e. The van der Waals surface area contributed by atoms with Crippen LogP contribution in [0.25, 0.3) is 0 Å². The van der Waals surface area contributed by atoms with Crippen molar-refractivity contribution in [2.24, 2.45) is 4.99 Å². The van der Waals surface area contributed by atoms with Gasteiger partial charge in [0.05, 0.1) is 16.4 Å². The second kappa shape index (κ2) is 5.41. The van der Waals surface area contributed by atoms with Crippen LogP contribution in [-0.4, -0.2) is 23.7 Å². The van der Waals surface area contributed by atoms with E-state index in [2.05, 4.69) is 27.3 Å². The highest BCUT2D eigenvalue weighted by molar-refractivity contribution is 7.78. The van der Waals surface area contributed by atoms with Crippen molar-refractivity contribution >= 4 is 23.1 Å². The van der Waals surface area contributed by atoms with Crippen LogP contribution in [0.5, 0.6) is 0 Å². The van der Waals surface area contributed by atoms with Gasteiger partial charge in [-0.15, -0.1) is 0 Å². The van der Waals surface area contributed by atoms with Crippen LogP contribution in [-0.2, 0) is 6.18 Å². The van der Waals surface area contributed by atoms with Gasteiger partial charge >= 0.3 is 6.18 Å². The number of halogens is 3. The molecule has 1 atom stereocenters. The average molecular weight is 286 g/mol. The first-order valence-corrected chi connectivity index (χ1v) is 6.33. The normalized spacial score (nSPS) is 20.3. The van der Waals surface area contributed by atoms with Crippen molar-refractivity contribution in [3.05, 3.63) is 29.3 Å². The third-order valence-electron chi connectivity index (χ3n) is 3.35. The topological polar surface area (TPSA) is 15.6 Å². The molecule has 6 heteroatoms. The molecule has 0 spiro atoms. The minimum Gasteiger partial charge on any atom is -0.299 e. The number of nitrogens with zero attached hydrogens (tertiary/aromatic N) is 2. The van der Waals surface area contributed by atoms with Gasteiger partial charge in [0.25, 0.3) is 0 Å². The number of likely N-dealkylation sites (tertiary alicyclic amines) is 1. The first-order valence-electron chi connectivity index (χ1n) is 5.92. The molecule has 19 heavy (non-hydrogen) atoms. The van der Waals surface area contributed by atoms with E-state index < -0.39 is 11.7 Å². The Hall–Kier alpha value is -1.23. The Morgan fingerprint density at radius 1 is 1.37 bits per heavy atom. The molecule has 1 saturated heterocycles. The maximum absolute atomic E-state index is 12.9. The molecule has 0 radical (unpaired) electrons. The highest BCUT2D eigenvalue weighted by atomic mass is 32.1. The minimum atomic E-state index is -4.38. The van der Waals surface area contributed by atoms with Crippen LogP contribution in [0.15, 0.2) is 23.2 Å². The van der Waals surface area contributed by atoms with Gasteiger partial charge in [-0.2, -0.15) is 18.2 Å². The molecule has 0 N–H and O–H groups in total. The zero-order chi connectivity index (χ0) is 14.0.